The number of nitrogens with one attached hydrogen (secondary N) is 1. The minimum atomic E-state index is -0.0920. The Balaban J connectivity index is 1.72. The molecule has 1 heterocycles. The van der Waals surface area contributed by atoms with Gasteiger partial charge in [0, 0.05) is 11.6 Å². The van der Waals surface area contributed by atoms with Crippen LogP contribution in [0, 0.1) is 0 Å². The Kier molecular flexibility index (Phi) is 3.16. The quantitative estimate of drug-likeness (QED) is 0.913. The molecular weight excluding hydrogens is 266 g/mol. The highest BCUT2D eigenvalue weighted by Gasteiger charge is 2.23. The van der Waals surface area contributed by atoms with Crippen LogP contribution in [-0.4, -0.2) is 32.2 Å². The number of tetrazole rings is 1. The first kappa shape index (κ1) is 12.1. The zero-order chi connectivity index (χ0) is 13.2. The zero-order valence-electron chi connectivity index (χ0n) is 10.1. The van der Waals surface area contributed by atoms with Crippen LogP contribution in [0.4, 0.5) is 0 Å². The number of rotatable bonds is 4. The van der Waals surface area contributed by atoms with Crippen LogP contribution in [0.15, 0.2) is 24.3 Å². The molecule has 1 aliphatic rings. The third-order valence-corrected chi connectivity index (χ3v) is 3.12. The van der Waals surface area contributed by atoms with E-state index in [4.69, 9.17) is 11.6 Å². The first-order valence-corrected chi connectivity index (χ1v) is 6.42. The van der Waals surface area contributed by atoms with Gasteiger partial charge in [0.2, 0.25) is 11.7 Å². The molecule has 1 aliphatic carbocycles. The van der Waals surface area contributed by atoms with Crippen molar-refractivity contribution in [1.29, 1.82) is 0 Å². The van der Waals surface area contributed by atoms with Crippen LogP contribution in [-0.2, 0) is 11.3 Å². The summed E-state index contributed by atoms with van der Waals surface area (Å²) in [4.78, 5) is 12.9. The number of carbonyl (C=O) groups excluding carboxylic acids is 1. The van der Waals surface area contributed by atoms with Crippen LogP contribution in [0.25, 0.3) is 11.4 Å². The van der Waals surface area contributed by atoms with Gasteiger partial charge in [-0.15, -0.1) is 10.2 Å². The second-order valence-corrected chi connectivity index (χ2v) is 4.87. The number of nitrogens with zero attached hydrogens (tertiary/aromatic N) is 4. The minimum Gasteiger partial charge on any atom is -0.352 e. The van der Waals surface area contributed by atoms with Crippen molar-refractivity contribution in [3.05, 3.63) is 29.3 Å². The number of halogens is 1. The van der Waals surface area contributed by atoms with E-state index < -0.39 is 0 Å². The predicted octanol–water partition coefficient (Wildman–Crippen LogP) is 1.27. The topological polar surface area (TPSA) is 72.7 Å². The number of hydrogen-bond acceptors (Lipinski definition) is 4. The molecule has 98 valence electrons. The maximum Gasteiger partial charge on any atom is 0.243 e. The van der Waals surface area contributed by atoms with E-state index in [9.17, 15) is 4.79 Å². The second kappa shape index (κ2) is 4.97. The van der Waals surface area contributed by atoms with E-state index in [2.05, 4.69) is 20.7 Å². The first-order chi connectivity index (χ1) is 9.22. The summed E-state index contributed by atoms with van der Waals surface area (Å²) in [6, 6.07) is 7.59. The summed E-state index contributed by atoms with van der Waals surface area (Å²) in [7, 11) is 0. The van der Waals surface area contributed by atoms with E-state index in [1.165, 1.54) is 4.80 Å². The normalized spacial score (nSPS) is 14.4. The molecule has 0 radical (unpaired) electrons. The molecular formula is C12H12ClN5O. The number of aromatic nitrogens is 4. The lowest BCUT2D eigenvalue weighted by Crippen LogP contribution is -2.30. The highest BCUT2D eigenvalue weighted by Crippen LogP contribution is 2.23. The van der Waals surface area contributed by atoms with Crippen LogP contribution >= 0.6 is 11.6 Å². The van der Waals surface area contributed by atoms with Gasteiger partial charge in [-0.25, -0.2) is 0 Å². The largest absolute Gasteiger partial charge is 0.352 e. The molecule has 0 bridgehead atoms. The molecule has 0 spiro atoms. The molecule has 1 aromatic carbocycles. The van der Waals surface area contributed by atoms with Crippen molar-refractivity contribution >= 4 is 17.5 Å². The van der Waals surface area contributed by atoms with Crippen molar-refractivity contribution in [1.82, 2.24) is 25.5 Å². The minimum absolute atomic E-state index is 0.0773. The van der Waals surface area contributed by atoms with E-state index in [1.807, 2.05) is 18.2 Å². The Morgan fingerprint density at radius 3 is 2.95 bits per heavy atom. The summed E-state index contributed by atoms with van der Waals surface area (Å²) in [5.41, 5.74) is 0.706. The van der Waals surface area contributed by atoms with Gasteiger partial charge in [0.05, 0.1) is 5.02 Å². The van der Waals surface area contributed by atoms with Gasteiger partial charge in [0.1, 0.15) is 6.54 Å². The highest BCUT2D eigenvalue weighted by molar-refractivity contribution is 6.33. The Hall–Kier alpha value is -1.95. The number of hydrogen-bond donors (Lipinski definition) is 1. The molecule has 0 unspecified atom stereocenters. The van der Waals surface area contributed by atoms with E-state index >= 15 is 0 Å². The monoisotopic (exact) mass is 277 g/mol. The van der Waals surface area contributed by atoms with Gasteiger partial charge in [0.25, 0.3) is 0 Å². The molecule has 0 saturated heterocycles. The summed E-state index contributed by atoms with van der Waals surface area (Å²) in [6.45, 7) is 0.0773. The molecule has 19 heavy (non-hydrogen) atoms. The fourth-order valence-electron chi connectivity index (χ4n) is 1.69. The van der Waals surface area contributed by atoms with Gasteiger partial charge in [-0.2, -0.15) is 4.80 Å². The van der Waals surface area contributed by atoms with E-state index in [0.29, 0.717) is 22.5 Å². The number of carbonyl (C=O) groups is 1. The maximum atomic E-state index is 11.6. The molecule has 7 heteroatoms. The molecule has 0 atom stereocenters. The highest BCUT2D eigenvalue weighted by atomic mass is 35.5. The first-order valence-electron chi connectivity index (χ1n) is 6.04. The van der Waals surface area contributed by atoms with Gasteiger partial charge < -0.3 is 5.32 Å². The van der Waals surface area contributed by atoms with Crippen molar-refractivity contribution in [2.24, 2.45) is 0 Å². The standard InChI is InChI=1S/C12H12ClN5O/c13-10-4-2-1-3-9(10)12-15-17-18(16-12)7-11(19)14-8-5-6-8/h1-4,8H,5-7H2,(H,14,19). The molecule has 1 saturated carbocycles. The van der Waals surface area contributed by atoms with Crippen molar-refractivity contribution < 1.29 is 4.79 Å². The summed E-state index contributed by atoms with van der Waals surface area (Å²) in [6.07, 6.45) is 2.11. The Bertz CT molecular complexity index is 608. The molecule has 0 aliphatic heterocycles. The maximum absolute atomic E-state index is 11.6. The van der Waals surface area contributed by atoms with Crippen LogP contribution in [0.3, 0.4) is 0 Å². The number of amides is 1. The third-order valence-electron chi connectivity index (χ3n) is 2.80. The lowest BCUT2D eigenvalue weighted by atomic mass is 10.2. The van der Waals surface area contributed by atoms with Gasteiger partial charge in [-0.3, -0.25) is 4.79 Å². The lowest BCUT2D eigenvalue weighted by molar-refractivity contribution is -0.122. The van der Waals surface area contributed by atoms with Gasteiger partial charge in [-0.1, -0.05) is 23.7 Å². The Morgan fingerprint density at radius 2 is 2.21 bits per heavy atom. The summed E-state index contributed by atoms with van der Waals surface area (Å²) >= 11 is 6.05. The smallest absolute Gasteiger partial charge is 0.243 e. The lowest BCUT2D eigenvalue weighted by Gasteiger charge is -2.01. The molecule has 3 rings (SSSR count). The fourth-order valence-corrected chi connectivity index (χ4v) is 1.91. The van der Waals surface area contributed by atoms with Crippen molar-refractivity contribution in [2.75, 3.05) is 0 Å². The second-order valence-electron chi connectivity index (χ2n) is 4.47. The van der Waals surface area contributed by atoms with E-state index in [-0.39, 0.29) is 12.5 Å². The number of benzene rings is 1. The molecule has 2 aromatic rings. The predicted molar refractivity (Wildman–Crippen MR) is 69.4 cm³/mol. The van der Waals surface area contributed by atoms with Crippen LogP contribution in [0.2, 0.25) is 5.02 Å². The average molecular weight is 278 g/mol. The van der Waals surface area contributed by atoms with Crippen LogP contribution in [0.1, 0.15) is 12.8 Å². The van der Waals surface area contributed by atoms with Crippen molar-refractivity contribution in [2.45, 2.75) is 25.4 Å². The Labute approximate surface area is 114 Å². The van der Waals surface area contributed by atoms with Crippen LogP contribution in [0.5, 0.6) is 0 Å². The summed E-state index contributed by atoms with van der Waals surface area (Å²) in [5.74, 6) is 0.329. The van der Waals surface area contributed by atoms with Gasteiger partial charge in [0.15, 0.2) is 0 Å². The van der Waals surface area contributed by atoms with Crippen molar-refractivity contribution in [3.8, 4) is 11.4 Å². The third kappa shape index (κ3) is 2.90. The molecule has 1 amide bonds. The van der Waals surface area contributed by atoms with Gasteiger partial charge >= 0.3 is 0 Å². The van der Waals surface area contributed by atoms with E-state index in [0.717, 1.165) is 12.8 Å². The van der Waals surface area contributed by atoms with Crippen molar-refractivity contribution in [3.63, 3.8) is 0 Å². The summed E-state index contributed by atoms with van der Waals surface area (Å²) in [5, 5.41) is 15.4. The fraction of sp³-hybridized carbons (Fsp3) is 0.333. The average Bonchev–Trinajstić information content (AvgIpc) is 3.07. The molecule has 1 N–H and O–H groups in total. The molecule has 6 nitrogen and oxygen atoms in total. The van der Waals surface area contributed by atoms with E-state index in [1.54, 1.807) is 6.07 Å². The molecule has 1 aromatic heterocycles. The summed E-state index contributed by atoms with van der Waals surface area (Å²) < 4.78 is 0. The van der Waals surface area contributed by atoms with Gasteiger partial charge in [-0.05, 0) is 30.2 Å². The SMILES string of the molecule is O=C(Cn1nnc(-c2ccccc2Cl)n1)NC1CC1. The molecule has 1 fully saturated rings. The zero-order valence-corrected chi connectivity index (χ0v) is 10.8. The van der Waals surface area contributed by atoms with Crippen LogP contribution < -0.4 is 5.32 Å². The Morgan fingerprint density at radius 1 is 1.42 bits per heavy atom.